The van der Waals surface area contributed by atoms with Crippen LogP contribution in [-0.2, 0) is 10.0 Å². The molecule has 21 heavy (non-hydrogen) atoms. The minimum Gasteiger partial charge on any atom is -0.282 e. The predicted molar refractivity (Wildman–Crippen MR) is 83.9 cm³/mol. The lowest BCUT2D eigenvalue weighted by Crippen LogP contribution is -2.11. The van der Waals surface area contributed by atoms with E-state index < -0.39 is 10.0 Å². The van der Waals surface area contributed by atoms with Crippen molar-refractivity contribution in [2.75, 3.05) is 4.72 Å². The van der Waals surface area contributed by atoms with Crippen LogP contribution in [0.25, 0.3) is 10.6 Å². The van der Waals surface area contributed by atoms with E-state index in [0.29, 0.717) is 5.69 Å². The number of aromatic nitrogens is 2. The molecule has 0 bridgehead atoms. The van der Waals surface area contributed by atoms with Crippen LogP contribution in [0.4, 0.5) is 5.69 Å². The van der Waals surface area contributed by atoms with Crippen molar-refractivity contribution in [3.05, 3.63) is 54.2 Å². The molecule has 3 rings (SSSR count). The first-order valence-corrected chi connectivity index (χ1v) is 8.55. The Morgan fingerprint density at radius 3 is 2.57 bits per heavy atom. The van der Waals surface area contributed by atoms with E-state index in [4.69, 9.17) is 0 Å². The number of nitrogens with zero attached hydrogens (tertiary/aromatic N) is 1. The maximum Gasteiger partial charge on any atom is 0.271 e. The van der Waals surface area contributed by atoms with Gasteiger partial charge in [-0.25, -0.2) is 8.42 Å². The van der Waals surface area contributed by atoms with Crippen molar-refractivity contribution in [2.24, 2.45) is 0 Å². The molecule has 1 aromatic carbocycles. The molecule has 0 fully saturated rings. The molecular weight excluding hydrogens is 306 g/mol. The topological polar surface area (TPSA) is 74.8 Å². The first-order chi connectivity index (χ1) is 10.0. The molecule has 0 saturated carbocycles. The molecule has 0 aliphatic heterocycles. The molecule has 0 spiro atoms. The van der Waals surface area contributed by atoms with Gasteiger partial charge in [0.15, 0.2) is 0 Å². The lowest BCUT2D eigenvalue weighted by atomic mass is 10.3. The number of hydrogen-bond acceptors (Lipinski definition) is 4. The number of anilines is 1. The summed E-state index contributed by atoms with van der Waals surface area (Å²) >= 11 is 1.19. The molecule has 0 atom stereocenters. The second kappa shape index (κ2) is 5.34. The number of thiophene rings is 1. The Balaban J connectivity index is 1.88. The van der Waals surface area contributed by atoms with Crippen LogP contribution in [0.1, 0.15) is 5.69 Å². The monoisotopic (exact) mass is 319 g/mol. The molecule has 5 nitrogen and oxygen atoms in total. The third-order valence-corrected chi connectivity index (χ3v) is 5.81. The number of aryl methyl sites for hydroxylation is 1. The van der Waals surface area contributed by atoms with Crippen molar-refractivity contribution >= 4 is 27.0 Å². The van der Waals surface area contributed by atoms with Gasteiger partial charge in [-0.05, 0) is 37.3 Å². The average Bonchev–Trinajstić information content (AvgIpc) is 3.08. The highest BCUT2D eigenvalue weighted by atomic mass is 32.2. The van der Waals surface area contributed by atoms with Gasteiger partial charge in [-0.2, -0.15) is 5.10 Å². The van der Waals surface area contributed by atoms with Crippen LogP contribution in [0.15, 0.2) is 52.7 Å². The van der Waals surface area contributed by atoms with Crippen LogP contribution < -0.4 is 4.72 Å². The summed E-state index contributed by atoms with van der Waals surface area (Å²) in [5.41, 5.74) is 2.23. The second-order valence-electron chi connectivity index (χ2n) is 4.53. The smallest absolute Gasteiger partial charge is 0.271 e. The molecule has 0 radical (unpaired) electrons. The Bertz CT molecular complexity index is 851. The lowest BCUT2D eigenvalue weighted by Gasteiger charge is -2.05. The van der Waals surface area contributed by atoms with E-state index in [2.05, 4.69) is 14.9 Å². The Hall–Kier alpha value is -2.12. The molecule has 2 N–H and O–H groups in total. The summed E-state index contributed by atoms with van der Waals surface area (Å²) in [6, 6.07) is 14.1. The van der Waals surface area contributed by atoms with Crippen LogP contribution in [0, 0.1) is 6.92 Å². The van der Waals surface area contributed by atoms with Crippen LogP contribution in [0.5, 0.6) is 0 Å². The van der Waals surface area contributed by atoms with Crippen LogP contribution in [-0.4, -0.2) is 18.6 Å². The van der Waals surface area contributed by atoms with Gasteiger partial charge in [-0.15, -0.1) is 11.3 Å². The average molecular weight is 319 g/mol. The number of rotatable bonds is 4. The van der Waals surface area contributed by atoms with Gasteiger partial charge in [0.05, 0.1) is 4.88 Å². The number of sulfonamides is 1. The highest BCUT2D eigenvalue weighted by molar-refractivity contribution is 7.94. The van der Waals surface area contributed by atoms with Gasteiger partial charge in [0, 0.05) is 11.4 Å². The van der Waals surface area contributed by atoms with Gasteiger partial charge in [0.2, 0.25) is 0 Å². The quantitative estimate of drug-likeness (QED) is 0.775. The summed E-state index contributed by atoms with van der Waals surface area (Å²) in [5, 5.41) is 6.98. The van der Waals surface area contributed by atoms with E-state index in [1.165, 1.54) is 11.3 Å². The van der Waals surface area contributed by atoms with Gasteiger partial charge in [-0.3, -0.25) is 9.82 Å². The Morgan fingerprint density at radius 2 is 1.90 bits per heavy atom. The van der Waals surface area contributed by atoms with Gasteiger partial charge in [0.25, 0.3) is 10.0 Å². The highest BCUT2D eigenvalue weighted by Gasteiger charge is 2.18. The second-order valence-corrected chi connectivity index (χ2v) is 7.52. The van der Waals surface area contributed by atoms with Crippen molar-refractivity contribution in [1.82, 2.24) is 10.2 Å². The summed E-state index contributed by atoms with van der Waals surface area (Å²) in [7, 11) is -3.56. The summed E-state index contributed by atoms with van der Waals surface area (Å²) < 4.78 is 27.5. The van der Waals surface area contributed by atoms with Gasteiger partial charge < -0.3 is 0 Å². The van der Waals surface area contributed by atoms with Crippen molar-refractivity contribution in [1.29, 1.82) is 0 Å². The predicted octanol–water partition coefficient (Wildman–Crippen LogP) is 3.25. The fraction of sp³-hybridized carbons (Fsp3) is 0.0714. The third-order valence-electron chi connectivity index (χ3n) is 2.83. The van der Waals surface area contributed by atoms with E-state index >= 15 is 0 Å². The molecule has 2 heterocycles. The summed E-state index contributed by atoms with van der Waals surface area (Å²) in [6.45, 7) is 1.90. The summed E-state index contributed by atoms with van der Waals surface area (Å²) in [4.78, 5) is 0.813. The maximum absolute atomic E-state index is 12.3. The standard InChI is InChI=1S/C14H13N3O2S2/c1-10-9-12(16-15-10)13-7-8-14(20-13)21(18,19)17-11-5-3-2-4-6-11/h2-9,17H,1H3,(H,15,16). The molecule has 0 aliphatic carbocycles. The number of aromatic amines is 1. The number of H-pyrrole nitrogens is 1. The molecule has 108 valence electrons. The van der Waals surface area contributed by atoms with Crippen LogP contribution >= 0.6 is 11.3 Å². The number of benzene rings is 1. The van der Waals surface area contributed by atoms with Crippen LogP contribution in [0.3, 0.4) is 0 Å². The van der Waals surface area contributed by atoms with E-state index in [-0.39, 0.29) is 4.21 Å². The van der Waals surface area contributed by atoms with Crippen molar-refractivity contribution in [3.8, 4) is 10.6 Å². The zero-order valence-corrected chi connectivity index (χ0v) is 12.8. The molecular formula is C14H13N3O2S2. The molecule has 0 aliphatic rings. The Morgan fingerprint density at radius 1 is 1.14 bits per heavy atom. The minimum absolute atomic E-state index is 0.266. The summed E-state index contributed by atoms with van der Waals surface area (Å²) in [6.07, 6.45) is 0. The maximum atomic E-state index is 12.3. The van der Waals surface area contributed by atoms with E-state index in [1.807, 2.05) is 19.1 Å². The van der Waals surface area contributed by atoms with Gasteiger partial charge in [0.1, 0.15) is 9.90 Å². The number of para-hydroxylation sites is 1. The molecule has 3 aromatic rings. The molecule has 0 saturated heterocycles. The van der Waals surface area contributed by atoms with Crippen molar-refractivity contribution in [2.45, 2.75) is 11.1 Å². The molecule has 7 heteroatoms. The highest BCUT2D eigenvalue weighted by Crippen LogP contribution is 2.30. The minimum atomic E-state index is -3.56. The number of nitrogens with one attached hydrogen (secondary N) is 2. The fourth-order valence-electron chi connectivity index (χ4n) is 1.86. The van der Waals surface area contributed by atoms with Gasteiger partial charge >= 0.3 is 0 Å². The normalized spacial score (nSPS) is 11.5. The number of hydrogen-bond donors (Lipinski definition) is 2. The summed E-state index contributed by atoms with van der Waals surface area (Å²) in [5.74, 6) is 0. The Labute approximate surface area is 126 Å². The van der Waals surface area contributed by atoms with E-state index in [1.54, 1.807) is 36.4 Å². The Kier molecular flexibility index (Phi) is 3.52. The first kappa shape index (κ1) is 13.8. The van der Waals surface area contributed by atoms with Gasteiger partial charge in [-0.1, -0.05) is 18.2 Å². The first-order valence-electron chi connectivity index (χ1n) is 6.25. The molecule has 0 amide bonds. The zero-order chi connectivity index (χ0) is 14.9. The zero-order valence-electron chi connectivity index (χ0n) is 11.2. The largest absolute Gasteiger partial charge is 0.282 e. The lowest BCUT2D eigenvalue weighted by molar-refractivity contribution is 0.603. The molecule has 0 unspecified atom stereocenters. The van der Waals surface area contributed by atoms with Crippen LogP contribution in [0.2, 0.25) is 0 Å². The van der Waals surface area contributed by atoms with Crippen molar-refractivity contribution < 1.29 is 8.42 Å². The van der Waals surface area contributed by atoms with E-state index in [0.717, 1.165) is 16.3 Å². The fourth-order valence-corrected chi connectivity index (χ4v) is 4.18. The molecule has 2 aromatic heterocycles. The SMILES string of the molecule is Cc1cc(-c2ccc(S(=O)(=O)Nc3ccccc3)s2)n[nH]1. The van der Waals surface area contributed by atoms with E-state index in [9.17, 15) is 8.42 Å². The third kappa shape index (κ3) is 2.98. The van der Waals surface area contributed by atoms with Crippen molar-refractivity contribution in [3.63, 3.8) is 0 Å².